The van der Waals surface area contributed by atoms with Gasteiger partial charge in [-0.1, -0.05) is 49.6 Å². The van der Waals surface area contributed by atoms with Crippen molar-refractivity contribution in [3.8, 4) is 0 Å². The van der Waals surface area contributed by atoms with Crippen molar-refractivity contribution in [2.24, 2.45) is 5.92 Å². The third kappa shape index (κ3) is 5.58. The van der Waals surface area contributed by atoms with Crippen molar-refractivity contribution in [3.63, 3.8) is 0 Å². The van der Waals surface area contributed by atoms with E-state index >= 15 is 0 Å². The average Bonchev–Trinajstić information content (AvgIpc) is 2.79. The maximum absolute atomic E-state index is 12.1. The maximum atomic E-state index is 12.1. The van der Waals surface area contributed by atoms with E-state index in [0.29, 0.717) is 6.61 Å². The third-order valence-corrected chi connectivity index (χ3v) is 4.12. The number of benzene rings is 1. The lowest BCUT2D eigenvalue weighted by molar-refractivity contribution is -0.149. The fourth-order valence-corrected chi connectivity index (χ4v) is 2.93. The number of alkyl carbamates (subject to hydrolysis) is 1. The molecule has 0 aromatic heterocycles. The normalized spacial score (nSPS) is 21.1. The van der Waals surface area contributed by atoms with E-state index < -0.39 is 6.09 Å². The molecule has 1 N–H and O–H groups in total. The molecule has 0 bridgehead atoms. The van der Waals surface area contributed by atoms with Gasteiger partial charge in [-0.3, -0.25) is 4.79 Å². The predicted molar refractivity (Wildman–Crippen MR) is 86.8 cm³/mol. The molecular formula is C18H25NO4. The fourth-order valence-electron chi connectivity index (χ4n) is 2.93. The minimum Gasteiger partial charge on any atom is -0.466 e. The van der Waals surface area contributed by atoms with Crippen LogP contribution in [0.5, 0.6) is 0 Å². The molecule has 1 aliphatic rings. The Balaban J connectivity index is 1.89. The molecule has 1 aliphatic carbocycles. The van der Waals surface area contributed by atoms with Crippen molar-refractivity contribution in [1.82, 2.24) is 5.32 Å². The Morgan fingerprint density at radius 3 is 2.57 bits per heavy atom. The van der Waals surface area contributed by atoms with E-state index in [-0.39, 0.29) is 24.5 Å². The standard InChI is InChI=1S/C18H25NO4/c1-2-22-17(20)15-11-7-4-8-12-16(15)19-18(21)23-13-14-9-5-3-6-10-14/h3,5-6,9-10,15-16H,2,4,7-8,11-13H2,1H3,(H,19,21)/t15-,16-/m0/s1. The van der Waals surface area contributed by atoms with Gasteiger partial charge in [-0.25, -0.2) is 4.79 Å². The Hall–Kier alpha value is -2.04. The summed E-state index contributed by atoms with van der Waals surface area (Å²) in [4.78, 5) is 24.1. The van der Waals surface area contributed by atoms with E-state index in [1.807, 2.05) is 30.3 Å². The van der Waals surface area contributed by atoms with E-state index in [1.165, 1.54) is 0 Å². The second-order valence-corrected chi connectivity index (χ2v) is 5.81. The number of rotatable bonds is 5. The molecule has 5 heteroatoms. The summed E-state index contributed by atoms with van der Waals surface area (Å²) in [7, 11) is 0. The highest BCUT2D eigenvalue weighted by atomic mass is 16.5. The van der Waals surface area contributed by atoms with Gasteiger partial charge in [-0.05, 0) is 25.3 Å². The van der Waals surface area contributed by atoms with Crippen LogP contribution >= 0.6 is 0 Å². The van der Waals surface area contributed by atoms with Gasteiger partial charge < -0.3 is 14.8 Å². The molecule has 0 heterocycles. The molecule has 0 radical (unpaired) electrons. The van der Waals surface area contributed by atoms with Crippen LogP contribution in [0.25, 0.3) is 0 Å². The number of hydrogen-bond donors (Lipinski definition) is 1. The first-order valence-electron chi connectivity index (χ1n) is 8.34. The zero-order valence-electron chi connectivity index (χ0n) is 13.6. The van der Waals surface area contributed by atoms with Crippen LogP contribution in [-0.2, 0) is 20.9 Å². The Bertz CT molecular complexity index is 503. The number of hydrogen-bond acceptors (Lipinski definition) is 4. The largest absolute Gasteiger partial charge is 0.466 e. The van der Waals surface area contributed by atoms with Gasteiger partial charge in [0, 0.05) is 6.04 Å². The van der Waals surface area contributed by atoms with E-state index in [2.05, 4.69) is 5.32 Å². The summed E-state index contributed by atoms with van der Waals surface area (Å²) in [5, 5.41) is 2.86. The molecule has 5 nitrogen and oxygen atoms in total. The summed E-state index contributed by atoms with van der Waals surface area (Å²) < 4.78 is 10.4. The van der Waals surface area contributed by atoms with Gasteiger partial charge in [-0.15, -0.1) is 0 Å². The van der Waals surface area contributed by atoms with Crippen LogP contribution in [0.2, 0.25) is 0 Å². The lowest BCUT2D eigenvalue weighted by Crippen LogP contribution is -2.43. The highest BCUT2D eigenvalue weighted by Crippen LogP contribution is 2.25. The zero-order chi connectivity index (χ0) is 16.5. The molecule has 0 unspecified atom stereocenters. The second-order valence-electron chi connectivity index (χ2n) is 5.81. The summed E-state index contributed by atoms with van der Waals surface area (Å²) in [6, 6.07) is 9.32. The SMILES string of the molecule is CCOC(=O)[C@H]1CCCCC[C@@H]1NC(=O)OCc1ccccc1. The first-order valence-corrected chi connectivity index (χ1v) is 8.34. The van der Waals surface area contributed by atoms with Crippen molar-refractivity contribution < 1.29 is 19.1 Å². The number of nitrogens with one attached hydrogen (secondary N) is 1. The topological polar surface area (TPSA) is 64.6 Å². The predicted octanol–water partition coefficient (Wildman–Crippen LogP) is 3.42. The summed E-state index contributed by atoms with van der Waals surface area (Å²) in [6.45, 7) is 2.38. The molecule has 1 fully saturated rings. The fraction of sp³-hybridized carbons (Fsp3) is 0.556. The Kier molecular flexibility index (Phi) is 6.91. The summed E-state index contributed by atoms with van der Waals surface area (Å²) in [5.41, 5.74) is 0.936. The molecule has 1 saturated carbocycles. The van der Waals surface area contributed by atoms with E-state index in [4.69, 9.17) is 9.47 Å². The highest BCUT2D eigenvalue weighted by Gasteiger charge is 2.32. The highest BCUT2D eigenvalue weighted by molar-refractivity contribution is 5.75. The summed E-state index contributed by atoms with van der Waals surface area (Å²) >= 11 is 0. The van der Waals surface area contributed by atoms with Gasteiger partial charge >= 0.3 is 12.1 Å². The monoisotopic (exact) mass is 319 g/mol. The molecule has 0 spiro atoms. The molecule has 126 valence electrons. The van der Waals surface area contributed by atoms with E-state index in [0.717, 1.165) is 37.7 Å². The molecule has 1 aromatic carbocycles. The number of ether oxygens (including phenoxy) is 2. The Labute approximate surface area is 137 Å². The molecule has 1 aromatic rings. The van der Waals surface area contributed by atoms with Gasteiger partial charge in [0.05, 0.1) is 12.5 Å². The van der Waals surface area contributed by atoms with Crippen LogP contribution < -0.4 is 5.32 Å². The second kappa shape index (κ2) is 9.18. The molecule has 23 heavy (non-hydrogen) atoms. The number of amides is 1. The lowest BCUT2D eigenvalue weighted by atomic mass is 9.95. The Morgan fingerprint density at radius 1 is 1.09 bits per heavy atom. The number of esters is 1. The van der Waals surface area contributed by atoms with Crippen molar-refractivity contribution >= 4 is 12.1 Å². The van der Waals surface area contributed by atoms with Crippen molar-refractivity contribution in [2.45, 2.75) is 51.7 Å². The van der Waals surface area contributed by atoms with E-state index in [9.17, 15) is 9.59 Å². The molecular weight excluding hydrogens is 294 g/mol. The first-order chi connectivity index (χ1) is 11.2. The molecule has 1 amide bonds. The average molecular weight is 319 g/mol. The smallest absolute Gasteiger partial charge is 0.407 e. The van der Waals surface area contributed by atoms with Crippen LogP contribution in [-0.4, -0.2) is 24.7 Å². The van der Waals surface area contributed by atoms with Crippen LogP contribution in [0.1, 0.15) is 44.6 Å². The quantitative estimate of drug-likeness (QED) is 0.667. The molecule has 2 atom stereocenters. The van der Waals surface area contributed by atoms with Crippen molar-refractivity contribution in [3.05, 3.63) is 35.9 Å². The Morgan fingerprint density at radius 2 is 1.83 bits per heavy atom. The first kappa shape index (κ1) is 17.3. The minimum atomic E-state index is -0.477. The van der Waals surface area contributed by atoms with E-state index in [1.54, 1.807) is 6.92 Å². The molecule has 0 aliphatic heterocycles. The van der Waals surface area contributed by atoms with Crippen LogP contribution in [0, 0.1) is 5.92 Å². The number of carbonyl (C=O) groups is 2. The van der Waals surface area contributed by atoms with Crippen molar-refractivity contribution in [1.29, 1.82) is 0 Å². The van der Waals surface area contributed by atoms with Crippen LogP contribution in [0.15, 0.2) is 30.3 Å². The van der Waals surface area contributed by atoms with Crippen LogP contribution in [0.3, 0.4) is 0 Å². The third-order valence-electron chi connectivity index (χ3n) is 4.12. The summed E-state index contributed by atoms with van der Waals surface area (Å²) in [6.07, 6.45) is 4.12. The lowest BCUT2D eigenvalue weighted by Gasteiger charge is -2.24. The van der Waals surface area contributed by atoms with Crippen molar-refractivity contribution in [2.75, 3.05) is 6.61 Å². The van der Waals surface area contributed by atoms with Gasteiger partial charge in [0.25, 0.3) is 0 Å². The molecule has 0 saturated heterocycles. The summed E-state index contributed by atoms with van der Waals surface area (Å²) in [5.74, 6) is -0.496. The number of carbonyl (C=O) groups excluding carboxylic acids is 2. The van der Waals surface area contributed by atoms with Crippen LogP contribution in [0.4, 0.5) is 4.79 Å². The maximum Gasteiger partial charge on any atom is 0.407 e. The molecule has 2 rings (SSSR count). The van der Waals surface area contributed by atoms with Gasteiger partial charge in [0.2, 0.25) is 0 Å². The zero-order valence-corrected chi connectivity index (χ0v) is 13.6. The van der Waals surface area contributed by atoms with Gasteiger partial charge in [0.1, 0.15) is 6.61 Å². The minimum absolute atomic E-state index is 0.208. The van der Waals surface area contributed by atoms with Gasteiger partial charge in [0.15, 0.2) is 0 Å². The van der Waals surface area contributed by atoms with Gasteiger partial charge in [-0.2, -0.15) is 0 Å².